The van der Waals surface area contributed by atoms with Crippen LogP contribution >= 0.6 is 0 Å². The van der Waals surface area contributed by atoms with Gasteiger partial charge in [0.15, 0.2) is 6.29 Å². The zero-order valence-corrected chi connectivity index (χ0v) is 46.2. The van der Waals surface area contributed by atoms with Crippen molar-refractivity contribution in [2.75, 3.05) is 26.4 Å². The molecule has 72 heavy (non-hydrogen) atoms. The molecule has 6 unspecified atom stereocenters. The number of unbranched alkanes of at least 4 members (excludes halogenated alkanes) is 26. The van der Waals surface area contributed by atoms with Crippen LogP contribution < -0.4 is 0 Å². The van der Waals surface area contributed by atoms with Gasteiger partial charge in [-0.2, -0.15) is 0 Å². The number of aliphatic hydroxyl groups excluding tert-OH is 4. The Morgan fingerprint density at radius 3 is 1.29 bits per heavy atom. The third kappa shape index (κ3) is 42.7. The van der Waals surface area contributed by atoms with Gasteiger partial charge in [0.25, 0.3) is 0 Å². The van der Waals surface area contributed by atoms with Crippen molar-refractivity contribution in [3.8, 4) is 0 Å². The summed E-state index contributed by atoms with van der Waals surface area (Å²) in [5.74, 6) is -0.319. The van der Waals surface area contributed by atoms with Gasteiger partial charge in [-0.05, 0) is 89.9 Å². The molecule has 1 heterocycles. The average molecular weight is 1010 g/mol. The first kappa shape index (κ1) is 67.4. The van der Waals surface area contributed by atoms with Gasteiger partial charge in [0.2, 0.25) is 0 Å². The van der Waals surface area contributed by atoms with Gasteiger partial charge in [0.1, 0.15) is 30.5 Å². The zero-order chi connectivity index (χ0) is 52.1. The normalized spacial score (nSPS) is 19.3. The van der Waals surface area contributed by atoms with Crippen LogP contribution in [0.5, 0.6) is 0 Å². The van der Waals surface area contributed by atoms with Crippen LogP contribution in [0.3, 0.4) is 0 Å². The molecule has 6 atom stereocenters. The molecule has 0 amide bonds. The second-order valence-corrected chi connectivity index (χ2v) is 20.1. The van der Waals surface area contributed by atoms with Gasteiger partial charge >= 0.3 is 5.97 Å². The fourth-order valence-electron chi connectivity index (χ4n) is 8.73. The third-order valence-electron chi connectivity index (χ3n) is 13.3. The minimum atomic E-state index is -1.54. The smallest absolute Gasteiger partial charge is 0.306 e. The molecule has 1 fully saturated rings. The Morgan fingerprint density at radius 1 is 0.458 bits per heavy atom. The minimum Gasteiger partial charge on any atom is -0.457 e. The van der Waals surface area contributed by atoms with Crippen LogP contribution in [0.1, 0.15) is 245 Å². The molecule has 0 radical (unpaired) electrons. The summed E-state index contributed by atoms with van der Waals surface area (Å²) in [6.07, 6.45) is 66.3. The van der Waals surface area contributed by atoms with Crippen molar-refractivity contribution in [3.63, 3.8) is 0 Å². The second-order valence-electron chi connectivity index (χ2n) is 20.1. The Kier molecular flexibility index (Phi) is 49.8. The van der Waals surface area contributed by atoms with Crippen molar-refractivity contribution in [2.24, 2.45) is 0 Å². The monoisotopic (exact) mass is 1010 g/mol. The van der Waals surface area contributed by atoms with E-state index < -0.39 is 43.4 Å². The summed E-state index contributed by atoms with van der Waals surface area (Å²) in [5.41, 5.74) is 0. The van der Waals surface area contributed by atoms with Gasteiger partial charge in [-0.3, -0.25) is 4.79 Å². The lowest BCUT2D eigenvalue weighted by molar-refractivity contribution is -0.305. The maximum Gasteiger partial charge on any atom is 0.306 e. The van der Waals surface area contributed by atoms with Gasteiger partial charge in [-0.15, -0.1) is 0 Å². The molecule has 0 aliphatic carbocycles. The van der Waals surface area contributed by atoms with Crippen LogP contribution in [0.2, 0.25) is 0 Å². The summed E-state index contributed by atoms with van der Waals surface area (Å²) in [6, 6.07) is 0. The number of rotatable bonds is 51. The first-order valence-corrected chi connectivity index (χ1v) is 29.7. The summed E-state index contributed by atoms with van der Waals surface area (Å²) in [4.78, 5) is 12.9. The van der Waals surface area contributed by atoms with E-state index in [9.17, 15) is 25.2 Å². The van der Waals surface area contributed by atoms with E-state index in [-0.39, 0.29) is 19.2 Å². The Balaban J connectivity index is 2.17. The van der Waals surface area contributed by atoms with Crippen LogP contribution in [-0.2, 0) is 23.7 Å². The van der Waals surface area contributed by atoms with Crippen LogP contribution in [0, 0.1) is 0 Å². The highest BCUT2D eigenvalue weighted by molar-refractivity contribution is 5.69. The van der Waals surface area contributed by atoms with Gasteiger partial charge in [0, 0.05) is 13.0 Å². The SMILES string of the molecule is CC/C=C\C/C=C\C/C=C\C/C=C\C/C=C\C/C=C\CCCCCCCCCOCC(COC1OC(CO)C(O)C(O)C1O)OC(=O)CCCCCCCCCCCCC/C=C\CCCCCCCCCC. The summed E-state index contributed by atoms with van der Waals surface area (Å²) in [6.45, 7) is 4.44. The standard InChI is InChI=1S/C63H110O9/c1-3-5-7-9-11-13-15-17-19-21-23-25-27-28-29-31-33-35-37-39-41-43-45-47-49-51-53-69-55-57(56-70-63-62(68)61(67)60(66)58(54-64)72-63)71-59(65)52-50-48-46-44-42-40-38-36-34-32-30-26-24-22-20-18-16-14-12-10-8-6-4-2/h5,7,11,13,17,19,22-25,28-29,33,35,57-58,60-64,66-68H,3-4,6,8-10,12,14-16,18,20-21,26-27,30-32,34,36-56H2,1-2H3/b7-5-,13-11-,19-17-,24-22-,25-23-,29-28-,35-33-. The summed E-state index contributed by atoms with van der Waals surface area (Å²) < 4.78 is 23.0. The Hall–Kier alpha value is -2.63. The maximum atomic E-state index is 12.9. The van der Waals surface area contributed by atoms with Crippen LogP contribution in [0.25, 0.3) is 0 Å². The highest BCUT2D eigenvalue weighted by Crippen LogP contribution is 2.23. The second kappa shape index (κ2) is 53.2. The number of hydrogen-bond acceptors (Lipinski definition) is 9. The van der Waals surface area contributed by atoms with Crippen molar-refractivity contribution in [1.29, 1.82) is 0 Å². The highest BCUT2D eigenvalue weighted by atomic mass is 16.7. The quantitative estimate of drug-likeness (QED) is 0.0267. The largest absolute Gasteiger partial charge is 0.457 e. The fourth-order valence-corrected chi connectivity index (χ4v) is 8.73. The van der Waals surface area contributed by atoms with Crippen molar-refractivity contribution in [1.82, 2.24) is 0 Å². The van der Waals surface area contributed by atoms with Crippen molar-refractivity contribution in [2.45, 2.75) is 282 Å². The van der Waals surface area contributed by atoms with E-state index in [0.717, 1.165) is 83.5 Å². The molecular formula is C63H110O9. The molecular weight excluding hydrogens is 901 g/mol. The number of esters is 1. The van der Waals surface area contributed by atoms with Crippen LogP contribution in [-0.4, -0.2) is 89.6 Å². The number of allylic oxidation sites excluding steroid dienone is 14. The van der Waals surface area contributed by atoms with Crippen LogP contribution in [0.4, 0.5) is 0 Å². The molecule has 0 spiro atoms. The van der Waals surface area contributed by atoms with Gasteiger partial charge in [-0.25, -0.2) is 0 Å². The number of carbonyl (C=O) groups excluding carboxylic acids is 1. The highest BCUT2D eigenvalue weighted by Gasteiger charge is 2.44. The van der Waals surface area contributed by atoms with Gasteiger partial charge in [0.05, 0.1) is 19.8 Å². The number of hydrogen-bond donors (Lipinski definition) is 4. The summed E-state index contributed by atoms with van der Waals surface area (Å²) in [5, 5.41) is 40.4. The maximum absolute atomic E-state index is 12.9. The van der Waals surface area contributed by atoms with E-state index >= 15 is 0 Å². The molecule has 1 saturated heterocycles. The molecule has 9 nitrogen and oxygen atoms in total. The molecule has 9 heteroatoms. The van der Waals surface area contributed by atoms with Crippen molar-refractivity contribution >= 4 is 5.97 Å². The molecule has 1 rings (SSSR count). The Bertz CT molecular complexity index is 1380. The third-order valence-corrected chi connectivity index (χ3v) is 13.3. The first-order chi connectivity index (χ1) is 35.4. The molecule has 416 valence electrons. The van der Waals surface area contributed by atoms with E-state index in [0.29, 0.717) is 13.0 Å². The summed E-state index contributed by atoms with van der Waals surface area (Å²) in [7, 11) is 0. The molecule has 0 bridgehead atoms. The average Bonchev–Trinajstić information content (AvgIpc) is 3.38. The van der Waals surface area contributed by atoms with E-state index in [1.54, 1.807) is 0 Å². The van der Waals surface area contributed by atoms with Gasteiger partial charge in [-0.1, -0.05) is 234 Å². The molecule has 1 aliphatic rings. The van der Waals surface area contributed by atoms with E-state index in [2.05, 4.69) is 98.9 Å². The summed E-state index contributed by atoms with van der Waals surface area (Å²) >= 11 is 0. The molecule has 0 aromatic rings. The number of carbonyl (C=O) groups is 1. The van der Waals surface area contributed by atoms with Crippen molar-refractivity contribution < 1.29 is 44.2 Å². The lowest BCUT2D eigenvalue weighted by Crippen LogP contribution is -2.59. The first-order valence-electron chi connectivity index (χ1n) is 29.7. The number of ether oxygens (including phenoxy) is 4. The predicted molar refractivity (Wildman–Crippen MR) is 302 cm³/mol. The van der Waals surface area contributed by atoms with E-state index in [1.807, 2.05) is 0 Å². The topological polar surface area (TPSA) is 135 Å². The molecule has 1 aliphatic heterocycles. The Morgan fingerprint density at radius 2 is 0.847 bits per heavy atom. The van der Waals surface area contributed by atoms with Gasteiger partial charge < -0.3 is 39.4 Å². The predicted octanol–water partition coefficient (Wildman–Crippen LogP) is 15.7. The minimum absolute atomic E-state index is 0.122. The lowest BCUT2D eigenvalue weighted by atomic mass is 9.99. The molecule has 0 aromatic carbocycles. The zero-order valence-electron chi connectivity index (χ0n) is 46.2. The lowest BCUT2D eigenvalue weighted by Gasteiger charge is -2.39. The number of aliphatic hydroxyl groups is 4. The molecule has 0 aromatic heterocycles. The fraction of sp³-hybridized carbons (Fsp3) is 0.762. The molecule has 4 N–H and O–H groups in total. The van der Waals surface area contributed by atoms with E-state index in [1.165, 1.54) is 141 Å². The Labute approximate surface area is 441 Å². The van der Waals surface area contributed by atoms with E-state index in [4.69, 9.17) is 18.9 Å². The van der Waals surface area contributed by atoms with Crippen LogP contribution in [0.15, 0.2) is 85.1 Å². The molecule has 0 saturated carbocycles. The van der Waals surface area contributed by atoms with Crippen molar-refractivity contribution in [3.05, 3.63) is 85.1 Å².